The van der Waals surface area contributed by atoms with Crippen molar-refractivity contribution in [2.75, 3.05) is 7.05 Å². The van der Waals surface area contributed by atoms with Gasteiger partial charge in [0, 0.05) is 18.5 Å². The molecular formula is C24H26N2O3S. The number of amides is 1. The van der Waals surface area contributed by atoms with Crippen LogP contribution in [-0.4, -0.2) is 41.0 Å². The van der Waals surface area contributed by atoms with Crippen LogP contribution in [0.2, 0.25) is 0 Å². The zero-order chi connectivity index (χ0) is 21.1. The summed E-state index contributed by atoms with van der Waals surface area (Å²) in [6.45, 7) is 1.66. The first-order chi connectivity index (χ1) is 14.5. The number of ether oxygens (including phenoxy) is 1. The number of rotatable bonds is 5. The van der Waals surface area contributed by atoms with E-state index in [2.05, 4.69) is 0 Å². The van der Waals surface area contributed by atoms with Crippen molar-refractivity contribution >= 4 is 34.1 Å². The summed E-state index contributed by atoms with van der Waals surface area (Å²) >= 11 is 1.57. The summed E-state index contributed by atoms with van der Waals surface area (Å²) in [5.74, 6) is -0.642. The maximum Gasteiger partial charge on any atom is 0.339 e. The molecule has 1 amide bonds. The summed E-state index contributed by atoms with van der Waals surface area (Å²) in [6, 6.07) is 13.4. The Hall–Kier alpha value is -2.73. The molecule has 0 aliphatic heterocycles. The summed E-state index contributed by atoms with van der Waals surface area (Å²) in [6.07, 6.45) is 4.71. The Labute approximate surface area is 180 Å². The number of esters is 1. The van der Waals surface area contributed by atoms with E-state index in [1.54, 1.807) is 29.2 Å². The third-order valence-corrected chi connectivity index (χ3v) is 6.70. The maximum atomic E-state index is 13.1. The van der Waals surface area contributed by atoms with Gasteiger partial charge in [0.05, 0.1) is 21.7 Å². The molecule has 0 N–H and O–H groups in total. The van der Waals surface area contributed by atoms with Gasteiger partial charge in [-0.25, -0.2) is 9.78 Å². The second kappa shape index (κ2) is 8.96. The molecule has 2 heterocycles. The average Bonchev–Trinajstić information content (AvgIpc) is 3.33. The highest BCUT2D eigenvalue weighted by atomic mass is 32.1. The Kier molecular flexibility index (Phi) is 6.13. The van der Waals surface area contributed by atoms with Crippen LogP contribution < -0.4 is 0 Å². The van der Waals surface area contributed by atoms with Gasteiger partial charge in [-0.05, 0) is 43.3 Å². The van der Waals surface area contributed by atoms with Gasteiger partial charge in [0.15, 0.2) is 6.10 Å². The van der Waals surface area contributed by atoms with Crippen LogP contribution in [0.5, 0.6) is 0 Å². The number of thiophene rings is 1. The highest BCUT2D eigenvalue weighted by molar-refractivity contribution is 7.13. The van der Waals surface area contributed by atoms with Crippen LogP contribution >= 0.6 is 11.3 Å². The van der Waals surface area contributed by atoms with E-state index in [4.69, 9.17) is 9.72 Å². The standard InChI is InChI=1S/C24H26N2O3S/c1-16(23(27)26(2)17-9-4-3-5-10-17)29-24(28)19-15-21(22-13-8-14-30-22)25-20-12-7-6-11-18(19)20/h6-8,11-17H,3-5,9-10H2,1-2H3/t16-/m0/s1. The molecule has 156 valence electrons. The number of aromatic nitrogens is 1. The normalized spacial score (nSPS) is 15.7. The number of hydrogen-bond donors (Lipinski definition) is 0. The smallest absolute Gasteiger partial charge is 0.339 e. The van der Waals surface area contributed by atoms with Gasteiger partial charge >= 0.3 is 5.97 Å². The lowest BCUT2D eigenvalue weighted by atomic mass is 9.94. The predicted octanol–water partition coefficient (Wildman–Crippen LogP) is 5.30. The molecule has 1 fully saturated rings. The van der Waals surface area contributed by atoms with Gasteiger partial charge in [0.2, 0.25) is 0 Å². The van der Waals surface area contributed by atoms with Crippen LogP contribution in [-0.2, 0) is 9.53 Å². The molecule has 1 aliphatic carbocycles. The van der Waals surface area contributed by atoms with E-state index in [0.29, 0.717) is 5.56 Å². The molecular weight excluding hydrogens is 396 g/mol. The molecule has 30 heavy (non-hydrogen) atoms. The van der Waals surface area contributed by atoms with Crippen LogP contribution in [0, 0.1) is 0 Å². The summed E-state index contributed by atoms with van der Waals surface area (Å²) in [5.41, 5.74) is 1.89. The fourth-order valence-electron chi connectivity index (χ4n) is 4.10. The number of carbonyl (C=O) groups is 2. The van der Waals surface area contributed by atoms with Crippen molar-refractivity contribution in [3.63, 3.8) is 0 Å². The molecule has 0 bridgehead atoms. The number of likely N-dealkylation sites (N-methyl/N-ethyl adjacent to an activating group) is 1. The lowest BCUT2D eigenvalue weighted by molar-refractivity contribution is -0.141. The van der Waals surface area contributed by atoms with Crippen molar-refractivity contribution in [1.82, 2.24) is 9.88 Å². The number of nitrogens with zero attached hydrogens (tertiary/aromatic N) is 2. The van der Waals surface area contributed by atoms with Crippen LogP contribution in [0.3, 0.4) is 0 Å². The molecule has 0 saturated heterocycles. The van der Waals surface area contributed by atoms with Gasteiger partial charge in [0.1, 0.15) is 0 Å². The number of fused-ring (bicyclic) bond motifs is 1. The first kappa shape index (κ1) is 20.5. The fourth-order valence-corrected chi connectivity index (χ4v) is 4.79. The summed E-state index contributed by atoms with van der Waals surface area (Å²) in [5, 5.41) is 2.70. The first-order valence-electron chi connectivity index (χ1n) is 10.5. The molecule has 1 atom stereocenters. The number of carbonyl (C=O) groups excluding carboxylic acids is 2. The molecule has 1 aliphatic rings. The second-order valence-electron chi connectivity index (χ2n) is 7.84. The molecule has 6 heteroatoms. The van der Waals surface area contributed by atoms with Gasteiger partial charge in [-0.2, -0.15) is 0 Å². The molecule has 0 spiro atoms. The minimum Gasteiger partial charge on any atom is -0.449 e. The lowest BCUT2D eigenvalue weighted by Gasteiger charge is -2.32. The predicted molar refractivity (Wildman–Crippen MR) is 120 cm³/mol. The molecule has 5 nitrogen and oxygen atoms in total. The van der Waals surface area contributed by atoms with Crippen molar-refractivity contribution in [2.45, 2.75) is 51.2 Å². The quantitative estimate of drug-likeness (QED) is 0.524. The molecule has 0 radical (unpaired) electrons. The fraction of sp³-hybridized carbons (Fsp3) is 0.375. The third kappa shape index (κ3) is 4.24. The topological polar surface area (TPSA) is 59.5 Å². The number of pyridine rings is 1. The van der Waals surface area contributed by atoms with Gasteiger partial charge in [-0.3, -0.25) is 4.79 Å². The van der Waals surface area contributed by atoms with E-state index >= 15 is 0 Å². The van der Waals surface area contributed by atoms with Gasteiger partial charge in [-0.15, -0.1) is 11.3 Å². The summed E-state index contributed by atoms with van der Waals surface area (Å²) < 4.78 is 5.64. The zero-order valence-corrected chi connectivity index (χ0v) is 18.2. The number of para-hydroxylation sites is 1. The van der Waals surface area contributed by atoms with E-state index in [1.807, 2.05) is 48.8 Å². The van der Waals surface area contributed by atoms with E-state index in [1.165, 1.54) is 6.42 Å². The van der Waals surface area contributed by atoms with E-state index in [0.717, 1.165) is 47.2 Å². The van der Waals surface area contributed by atoms with Gasteiger partial charge in [0.25, 0.3) is 5.91 Å². The van der Waals surface area contributed by atoms with Crippen LogP contribution in [0.25, 0.3) is 21.5 Å². The SMILES string of the molecule is C[C@H](OC(=O)c1cc(-c2cccs2)nc2ccccc12)C(=O)N(C)C1CCCCC1. The summed E-state index contributed by atoms with van der Waals surface area (Å²) in [4.78, 5) is 33.4. The van der Waals surface area contributed by atoms with Crippen molar-refractivity contribution in [2.24, 2.45) is 0 Å². The van der Waals surface area contributed by atoms with E-state index in [-0.39, 0.29) is 11.9 Å². The van der Waals surface area contributed by atoms with Gasteiger partial charge in [-0.1, -0.05) is 43.5 Å². The minimum atomic E-state index is -0.832. The Morgan fingerprint density at radius 3 is 2.63 bits per heavy atom. The van der Waals surface area contributed by atoms with E-state index in [9.17, 15) is 9.59 Å². The molecule has 3 aromatic rings. The first-order valence-corrected chi connectivity index (χ1v) is 11.3. The third-order valence-electron chi connectivity index (χ3n) is 5.81. The van der Waals surface area contributed by atoms with Crippen molar-refractivity contribution in [1.29, 1.82) is 0 Å². The minimum absolute atomic E-state index is 0.146. The largest absolute Gasteiger partial charge is 0.449 e. The van der Waals surface area contributed by atoms with E-state index < -0.39 is 12.1 Å². The van der Waals surface area contributed by atoms with Crippen LogP contribution in [0.15, 0.2) is 47.8 Å². The van der Waals surface area contributed by atoms with Crippen molar-refractivity contribution in [3.8, 4) is 10.6 Å². The summed E-state index contributed by atoms with van der Waals surface area (Å²) in [7, 11) is 1.82. The monoisotopic (exact) mass is 422 g/mol. The Morgan fingerprint density at radius 2 is 1.90 bits per heavy atom. The number of hydrogen-bond acceptors (Lipinski definition) is 5. The molecule has 4 rings (SSSR count). The Bertz CT molecular complexity index is 1040. The molecule has 0 unspecified atom stereocenters. The second-order valence-corrected chi connectivity index (χ2v) is 8.79. The van der Waals surface area contributed by atoms with Crippen molar-refractivity contribution in [3.05, 3.63) is 53.4 Å². The van der Waals surface area contributed by atoms with Crippen molar-refractivity contribution < 1.29 is 14.3 Å². The maximum absolute atomic E-state index is 13.1. The van der Waals surface area contributed by atoms with Gasteiger partial charge < -0.3 is 9.64 Å². The molecule has 2 aromatic heterocycles. The highest BCUT2D eigenvalue weighted by Crippen LogP contribution is 2.29. The average molecular weight is 423 g/mol. The molecule has 1 aromatic carbocycles. The Balaban J connectivity index is 1.57. The molecule has 1 saturated carbocycles. The lowest BCUT2D eigenvalue weighted by Crippen LogP contribution is -2.44. The zero-order valence-electron chi connectivity index (χ0n) is 17.3. The van der Waals surface area contributed by atoms with Crippen LogP contribution in [0.4, 0.5) is 0 Å². The Morgan fingerprint density at radius 1 is 1.13 bits per heavy atom. The highest BCUT2D eigenvalue weighted by Gasteiger charge is 2.28. The number of benzene rings is 1. The van der Waals surface area contributed by atoms with Crippen LogP contribution in [0.1, 0.15) is 49.4 Å².